The van der Waals surface area contributed by atoms with Gasteiger partial charge in [-0.05, 0) is 0 Å². The van der Waals surface area contributed by atoms with E-state index in [-0.39, 0.29) is 16.7 Å². The van der Waals surface area contributed by atoms with Crippen molar-refractivity contribution in [1.82, 2.24) is 4.90 Å². The van der Waals surface area contributed by atoms with Gasteiger partial charge >= 0.3 is 0 Å². The van der Waals surface area contributed by atoms with Crippen LogP contribution >= 0.6 is 11.6 Å². The van der Waals surface area contributed by atoms with Crippen molar-refractivity contribution in [2.45, 2.75) is 32.6 Å². The van der Waals surface area contributed by atoms with Gasteiger partial charge in [0.1, 0.15) is 4.87 Å². The molecule has 0 bridgehead atoms. The fourth-order valence-electron chi connectivity index (χ4n) is 2.09. The number of halogens is 1. The molecule has 1 amide bonds. The zero-order chi connectivity index (χ0) is 10.7. The molecule has 1 saturated carbocycles. The van der Waals surface area contributed by atoms with Crippen molar-refractivity contribution in [3.8, 4) is 0 Å². The van der Waals surface area contributed by atoms with Crippen molar-refractivity contribution in [1.29, 1.82) is 0 Å². The Morgan fingerprint density at radius 1 is 1.08 bits per heavy atom. The van der Waals surface area contributed by atoms with Gasteiger partial charge in [-0.15, -0.1) is 11.6 Å². The summed E-state index contributed by atoms with van der Waals surface area (Å²) in [4.78, 5) is 12.7. The van der Waals surface area contributed by atoms with Crippen LogP contribution in [0, 0.1) is 10.8 Å². The second-order valence-electron chi connectivity index (χ2n) is 5.11. The minimum absolute atomic E-state index is 0.0177. The lowest BCUT2D eigenvalue weighted by Crippen LogP contribution is -2.36. The van der Waals surface area contributed by atoms with Gasteiger partial charge in [0.2, 0.25) is 5.91 Å². The van der Waals surface area contributed by atoms with E-state index in [0.717, 1.165) is 0 Å². The Bertz CT molecular complexity index is 242. The molecule has 76 valence electrons. The standard InChI is InChI=1S/C10H18ClNO/c1-8(2)9(3,4)10(8,11)7(13)12(5)6/h1-6H3. The molecule has 0 heterocycles. The molecular formula is C10H18ClNO. The smallest absolute Gasteiger partial charge is 0.244 e. The molecule has 1 aliphatic rings. The van der Waals surface area contributed by atoms with E-state index in [1.807, 2.05) is 27.7 Å². The van der Waals surface area contributed by atoms with Crippen LogP contribution in [0.1, 0.15) is 27.7 Å². The maximum Gasteiger partial charge on any atom is 0.244 e. The zero-order valence-electron chi connectivity index (χ0n) is 9.23. The Morgan fingerprint density at radius 2 is 1.38 bits per heavy atom. The minimum atomic E-state index is -0.719. The summed E-state index contributed by atoms with van der Waals surface area (Å²) in [5.41, 5.74) is -0.244. The third-order valence-corrected chi connectivity index (χ3v) is 5.03. The van der Waals surface area contributed by atoms with Crippen molar-refractivity contribution in [2.75, 3.05) is 14.1 Å². The van der Waals surface area contributed by atoms with Crippen molar-refractivity contribution in [2.24, 2.45) is 10.8 Å². The molecule has 1 rings (SSSR count). The molecule has 0 unspecified atom stereocenters. The highest BCUT2D eigenvalue weighted by Gasteiger charge is 2.81. The van der Waals surface area contributed by atoms with Crippen LogP contribution in [-0.4, -0.2) is 29.8 Å². The topological polar surface area (TPSA) is 20.3 Å². The molecular weight excluding hydrogens is 186 g/mol. The van der Waals surface area contributed by atoms with E-state index in [9.17, 15) is 4.79 Å². The lowest BCUT2D eigenvalue weighted by atomic mass is 10.0. The summed E-state index contributed by atoms with van der Waals surface area (Å²) in [6, 6.07) is 0. The number of amides is 1. The fraction of sp³-hybridized carbons (Fsp3) is 0.900. The van der Waals surface area contributed by atoms with E-state index in [2.05, 4.69) is 0 Å². The van der Waals surface area contributed by atoms with Crippen molar-refractivity contribution in [3.05, 3.63) is 0 Å². The molecule has 0 aromatic heterocycles. The van der Waals surface area contributed by atoms with Crippen LogP contribution in [0.3, 0.4) is 0 Å². The second kappa shape index (κ2) is 2.41. The molecule has 0 aromatic rings. The Kier molecular flexibility index (Phi) is 2.01. The second-order valence-corrected chi connectivity index (χ2v) is 5.67. The van der Waals surface area contributed by atoms with E-state index < -0.39 is 4.87 Å². The number of hydrogen-bond donors (Lipinski definition) is 0. The average molecular weight is 204 g/mol. The van der Waals surface area contributed by atoms with Crippen molar-refractivity contribution < 1.29 is 4.79 Å². The van der Waals surface area contributed by atoms with Gasteiger partial charge in [-0.3, -0.25) is 4.79 Å². The van der Waals surface area contributed by atoms with Gasteiger partial charge in [-0.25, -0.2) is 0 Å². The van der Waals surface area contributed by atoms with Crippen LogP contribution in [0.25, 0.3) is 0 Å². The Balaban J connectivity index is 3.02. The normalized spacial score (nSPS) is 26.7. The number of hydrogen-bond acceptors (Lipinski definition) is 1. The van der Waals surface area contributed by atoms with E-state index >= 15 is 0 Å². The first-order valence-electron chi connectivity index (χ1n) is 4.51. The van der Waals surface area contributed by atoms with Gasteiger partial charge in [-0.1, -0.05) is 27.7 Å². The molecule has 0 saturated heterocycles. The lowest BCUT2D eigenvalue weighted by Gasteiger charge is -2.18. The lowest BCUT2D eigenvalue weighted by molar-refractivity contribution is -0.130. The van der Waals surface area contributed by atoms with Crippen LogP contribution < -0.4 is 0 Å². The first-order chi connectivity index (χ1) is 5.60. The molecule has 0 N–H and O–H groups in total. The Hall–Kier alpha value is -0.240. The molecule has 1 fully saturated rings. The van der Waals surface area contributed by atoms with Gasteiger partial charge in [0.15, 0.2) is 0 Å². The van der Waals surface area contributed by atoms with Gasteiger partial charge in [-0.2, -0.15) is 0 Å². The predicted molar refractivity (Wildman–Crippen MR) is 54.8 cm³/mol. The summed E-state index contributed by atoms with van der Waals surface area (Å²) in [7, 11) is 3.49. The van der Waals surface area contributed by atoms with Gasteiger partial charge < -0.3 is 4.90 Å². The van der Waals surface area contributed by atoms with Crippen molar-refractivity contribution in [3.63, 3.8) is 0 Å². The van der Waals surface area contributed by atoms with Gasteiger partial charge in [0, 0.05) is 24.9 Å². The molecule has 0 aliphatic heterocycles. The number of nitrogens with zero attached hydrogens (tertiary/aromatic N) is 1. The van der Waals surface area contributed by atoms with Crippen LogP contribution in [0.2, 0.25) is 0 Å². The molecule has 0 aromatic carbocycles. The first kappa shape index (κ1) is 10.8. The highest BCUT2D eigenvalue weighted by Crippen LogP contribution is 2.75. The third-order valence-electron chi connectivity index (χ3n) is 3.92. The quantitative estimate of drug-likeness (QED) is 0.598. The van der Waals surface area contributed by atoms with Crippen LogP contribution in [-0.2, 0) is 4.79 Å². The number of alkyl halides is 1. The number of rotatable bonds is 1. The maximum atomic E-state index is 11.9. The Labute approximate surface area is 85.2 Å². The maximum absolute atomic E-state index is 11.9. The highest BCUT2D eigenvalue weighted by atomic mass is 35.5. The van der Waals surface area contributed by atoms with E-state index in [1.165, 1.54) is 0 Å². The first-order valence-corrected chi connectivity index (χ1v) is 4.89. The molecule has 3 heteroatoms. The van der Waals surface area contributed by atoms with Crippen LogP contribution in [0.15, 0.2) is 0 Å². The van der Waals surface area contributed by atoms with Crippen LogP contribution in [0.4, 0.5) is 0 Å². The van der Waals surface area contributed by atoms with Crippen LogP contribution in [0.5, 0.6) is 0 Å². The summed E-state index contributed by atoms with van der Waals surface area (Å²) < 4.78 is 0. The monoisotopic (exact) mass is 203 g/mol. The minimum Gasteiger partial charge on any atom is -0.347 e. The SMILES string of the molecule is CN(C)C(=O)C1(Cl)C(C)(C)C1(C)C. The molecule has 0 atom stereocenters. The van der Waals surface area contributed by atoms with Gasteiger partial charge in [0.05, 0.1) is 0 Å². The van der Waals surface area contributed by atoms with E-state index in [4.69, 9.17) is 11.6 Å². The third kappa shape index (κ3) is 0.927. The summed E-state index contributed by atoms with van der Waals surface area (Å²) in [5.74, 6) is 0.0177. The Morgan fingerprint density at radius 3 is 1.46 bits per heavy atom. The molecule has 0 radical (unpaired) electrons. The van der Waals surface area contributed by atoms with E-state index in [1.54, 1.807) is 19.0 Å². The highest BCUT2D eigenvalue weighted by molar-refractivity contribution is 6.39. The predicted octanol–water partition coefficient (Wildman–Crippen LogP) is 2.12. The molecule has 0 spiro atoms. The number of carbonyl (C=O) groups is 1. The summed E-state index contributed by atoms with van der Waals surface area (Å²) >= 11 is 6.38. The van der Waals surface area contributed by atoms with Gasteiger partial charge in [0.25, 0.3) is 0 Å². The van der Waals surface area contributed by atoms with E-state index in [0.29, 0.717) is 0 Å². The van der Waals surface area contributed by atoms with Crippen molar-refractivity contribution >= 4 is 17.5 Å². The molecule has 13 heavy (non-hydrogen) atoms. The molecule has 1 aliphatic carbocycles. The zero-order valence-corrected chi connectivity index (χ0v) is 9.99. The summed E-state index contributed by atoms with van der Waals surface area (Å²) in [6.07, 6.45) is 0. The largest absolute Gasteiger partial charge is 0.347 e. The fourth-order valence-corrected chi connectivity index (χ4v) is 2.68. The average Bonchev–Trinajstić information content (AvgIpc) is 2.28. The number of carbonyl (C=O) groups excluding carboxylic acids is 1. The summed E-state index contributed by atoms with van der Waals surface area (Å²) in [5, 5.41) is 0. The molecule has 2 nitrogen and oxygen atoms in total. The summed E-state index contributed by atoms with van der Waals surface area (Å²) in [6.45, 7) is 8.17.